The number of hydrogen-bond donors (Lipinski definition) is 0. The first-order valence-electron chi connectivity index (χ1n) is 5.39. The Kier molecular flexibility index (Phi) is 3.43. The Labute approximate surface area is 117 Å². The molecule has 0 spiro atoms. The normalized spacial score (nSPS) is 11.3. The van der Waals surface area contributed by atoms with E-state index in [2.05, 4.69) is 5.10 Å². The van der Waals surface area contributed by atoms with E-state index in [1.54, 1.807) is 0 Å². The van der Waals surface area contributed by atoms with Crippen molar-refractivity contribution < 1.29 is 18.3 Å². The van der Waals surface area contributed by atoms with Crippen LogP contribution in [0, 0.1) is 20.2 Å². The molecule has 1 heterocycles. The average molecular weight is 312 g/mol. The van der Waals surface area contributed by atoms with Gasteiger partial charge in [0.1, 0.15) is 4.90 Å². The van der Waals surface area contributed by atoms with Crippen LogP contribution in [-0.2, 0) is 9.84 Å². The Bertz CT molecular complexity index is 841. The van der Waals surface area contributed by atoms with Crippen LogP contribution in [0.5, 0.6) is 0 Å². The van der Waals surface area contributed by atoms with E-state index in [0.29, 0.717) is 0 Å². The molecule has 1 aromatic heterocycles. The smallest absolute Gasteiger partial charge is 0.358 e. The van der Waals surface area contributed by atoms with Crippen molar-refractivity contribution >= 4 is 21.3 Å². The van der Waals surface area contributed by atoms with E-state index in [4.69, 9.17) is 0 Å². The van der Waals surface area contributed by atoms with Gasteiger partial charge in [0.25, 0.3) is 0 Å². The third-order valence-electron chi connectivity index (χ3n) is 2.57. The summed E-state index contributed by atoms with van der Waals surface area (Å²) in [4.78, 5) is 19.7. The number of sulfone groups is 1. The van der Waals surface area contributed by atoms with Gasteiger partial charge in [-0.2, -0.15) is 0 Å². The quantitative estimate of drug-likeness (QED) is 0.608. The first kappa shape index (κ1) is 14.6. The highest BCUT2D eigenvalue weighted by molar-refractivity contribution is 7.90. The maximum Gasteiger partial charge on any atom is 0.390 e. The van der Waals surface area contributed by atoms with Crippen molar-refractivity contribution in [2.24, 2.45) is 0 Å². The highest BCUT2D eigenvalue weighted by atomic mass is 32.2. The van der Waals surface area contributed by atoms with Crippen molar-refractivity contribution in [3.05, 3.63) is 50.7 Å². The summed E-state index contributed by atoms with van der Waals surface area (Å²) in [5.74, 6) is -0.506. The van der Waals surface area contributed by atoms with Crippen molar-refractivity contribution in [2.45, 2.75) is 4.90 Å². The van der Waals surface area contributed by atoms with E-state index in [1.807, 2.05) is 0 Å². The molecular weight excluding hydrogens is 304 g/mol. The molecule has 1 aromatic carbocycles. The van der Waals surface area contributed by atoms with Gasteiger partial charge in [0, 0.05) is 6.26 Å². The molecule has 0 aliphatic heterocycles. The summed E-state index contributed by atoms with van der Waals surface area (Å²) < 4.78 is 24.1. The molecule has 0 amide bonds. The predicted octanol–water partition coefficient (Wildman–Crippen LogP) is 1.09. The lowest BCUT2D eigenvalue weighted by molar-refractivity contribution is -0.390. The molecule has 0 fully saturated rings. The summed E-state index contributed by atoms with van der Waals surface area (Å²) in [6, 6.07) is 4.70. The van der Waals surface area contributed by atoms with Gasteiger partial charge >= 0.3 is 11.5 Å². The van der Waals surface area contributed by atoms with Gasteiger partial charge < -0.3 is 10.1 Å². The zero-order valence-electron chi connectivity index (χ0n) is 10.5. The first-order valence-corrected chi connectivity index (χ1v) is 7.29. The van der Waals surface area contributed by atoms with Crippen LogP contribution in [0.2, 0.25) is 0 Å². The standard InChI is InChI=1S/C10H8N4O6S/c1-21(19,20)8-4-2-3-7(10(8)14(17)18)12-6-5-9(11-12)13(15)16/h2-6H,1H3. The summed E-state index contributed by atoms with van der Waals surface area (Å²) in [6.07, 6.45) is 1.98. The van der Waals surface area contributed by atoms with Crippen LogP contribution in [0.4, 0.5) is 11.5 Å². The van der Waals surface area contributed by atoms with Gasteiger partial charge in [0.2, 0.25) is 0 Å². The monoisotopic (exact) mass is 312 g/mol. The van der Waals surface area contributed by atoms with Crippen LogP contribution in [0.3, 0.4) is 0 Å². The van der Waals surface area contributed by atoms with Gasteiger partial charge in [-0.15, -0.1) is 4.68 Å². The Balaban J connectivity index is 2.74. The van der Waals surface area contributed by atoms with E-state index in [-0.39, 0.29) is 5.69 Å². The van der Waals surface area contributed by atoms with Crippen molar-refractivity contribution in [3.63, 3.8) is 0 Å². The van der Waals surface area contributed by atoms with Gasteiger partial charge in [-0.1, -0.05) is 6.07 Å². The van der Waals surface area contributed by atoms with E-state index >= 15 is 0 Å². The molecule has 10 nitrogen and oxygen atoms in total. The summed E-state index contributed by atoms with van der Waals surface area (Å²) in [5.41, 5.74) is -0.853. The fourth-order valence-electron chi connectivity index (χ4n) is 1.72. The van der Waals surface area contributed by atoms with Crippen molar-refractivity contribution in [2.75, 3.05) is 6.26 Å². The summed E-state index contributed by atoms with van der Waals surface area (Å²) in [5, 5.41) is 25.3. The fourth-order valence-corrected chi connectivity index (χ4v) is 2.58. The van der Waals surface area contributed by atoms with Gasteiger partial charge in [-0.3, -0.25) is 10.1 Å². The Morgan fingerprint density at radius 3 is 2.29 bits per heavy atom. The number of aromatic nitrogens is 2. The molecule has 2 aromatic rings. The average Bonchev–Trinajstić information content (AvgIpc) is 2.86. The maximum atomic E-state index is 11.6. The zero-order valence-corrected chi connectivity index (χ0v) is 11.3. The molecule has 0 aliphatic rings. The van der Waals surface area contributed by atoms with Crippen LogP contribution in [0.25, 0.3) is 5.69 Å². The highest BCUT2D eigenvalue weighted by Crippen LogP contribution is 2.30. The largest absolute Gasteiger partial charge is 0.390 e. The van der Waals surface area contributed by atoms with E-state index in [1.165, 1.54) is 12.1 Å². The number of para-hydroxylation sites is 1. The van der Waals surface area contributed by atoms with Crippen molar-refractivity contribution in [3.8, 4) is 5.69 Å². The summed E-state index contributed by atoms with van der Waals surface area (Å²) in [6.45, 7) is 0. The number of nitro benzene ring substituents is 1. The Morgan fingerprint density at radius 2 is 1.81 bits per heavy atom. The number of nitro groups is 2. The van der Waals surface area contributed by atoms with Gasteiger partial charge in [0.05, 0.1) is 22.3 Å². The molecule has 0 unspecified atom stereocenters. The molecule has 11 heteroatoms. The Hall–Kier alpha value is -2.82. The van der Waals surface area contributed by atoms with Crippen molar-refractivity contribution in [1.82, 2.24) is 9.78 Å². The molecule has 0 atom stereocenters. The number of benzene rings is 1. The molecule has 110 valence electrons. The van der Waals surface area contributed by atoms with Gasteiger partial charge in [-0.05, 0) is 17.1 Å². The number of nitrogens with zero attached hydrogens (tertiary/aromatic N) is 4. The van der Waals surface area contributed by atoms with Crippen LogP contribution in [0.1, 0.15) is 0 Å². The topological polar surface area (TPSA) is 138 Å². The van der Waals surface area contributed by atoms with E-state index in [9.17, 15) is 28.6 Å². The molecule has 0 N–H and O–H groups in total. The van der Waals surface area contributed by atoms with Crippen LogP contribution in [-0.4, -0.2) is 34.3 Å². The minimum absolute atomic E-state index is 0.170. The maximum absolute atomic E-state index is 11.6. The summed E-state index contributed by atoms with van der Waals surface area (Å²) in [7, 11) is -3.84. The first-order chi connectivity index (χ1) is 9.71. The zero-order chi connectivity index (χ0) is 15.8. The predicted molar refractivity (Wildman–Crippen MR) is 70.0 cm³/mol. The highest BCUT2D eigenvalue weighted by Gasteiger charge is 2.29. The molecule has 0 saturated heterocycles. The number of hydrogen-bond acceptors (Lipinski definition) is 7. The summed E-state index contributed by atoms with van der Waals surface area (Å²) >= 11 is 0. The molecule has 0 radical (unpaired) electrons. The minimum Gasteiger partial charge on any atom is -0.358 e. The number of rotatable bonds is 4. The van der Waals surface area contributed by atoms with E-state index in [0.717, 1.165) is 29.3 Å². The Morgan fingerprint density at radius 1 is 1.14 bits per heavy atom. The molecule has 0 aliphatic carbocycles. The molecule has 0 bridgehead atoms. The molecular formula is C10H8N4O6S. The van der Waals surface area contributed by atoms with Gasteiger partial charge in [-0.25, -0.2) is 8.42 Å². The van der Waals surface area contributed by atoms with Crippen LogP contribution < -0.4 is 0 Å². The third-order valence-corrected chi connectivity index (χ3v) is 3.70. The van der Waals surface area contributed by atoms with E-state index < -0.39 is 36.1 Å². The van der Waals surface area contributed by atoms with Crippen LogP contribution >= 0.6 is 0 Å². The lowest BCUT2D eigenvalue weighted by Gasteiger charge is -2.04. The lowest BCUT2D eigenvalue weighted by atomic mass is 10.2. The molecule has 0 saturated carbocycles. The van der Waals surface area contributed by atoms with Crippen molar-refractivity contribution in [1.29, 1.82) is 0 Å². The second-order valence-electron chi connectivity index (χ2n) is 4.03. The van der Waals surface area contributed by atoms with Gasteiger partial charge in [0.15, 0.2) is 15.5 Å². The second-order valence-corrected chi connectivity index (χ2v) is 6.01. The molecule has 2 rings (SSSR count). The third kappa shape index (κ3) is 2.72. The van der Waals surface area contributed by atoms with Crippen LogP contribution in [0.15, 0.2) is 35.4 Å². The molecule has 21 heavy (non-hydrogen) atoms. The minimum atomic E-state index is -3.84. The second kappa shape index (κ2) is 4.94. The SMILES string of the molecule is CS(=O)(=O)c1cccc(-n2ccc([N+](=O)[O-])n2)c1[N+](=O)[O-]. The lowest BCUT2D eigenvalue weighted by Crippen LogP contribution is -2.07. The fraction of sp³-hybridized carbons (Fsp3) is 0.100.